The van der Waals surface area contributed by atoms with Crippen LogP contribution in [0.15, 0.2) is 58.7 Å². The van der Waals surface area contributed by atoms with Gasteiger partial charge in [0.25, 0.3) is 0 Å². The quantitative estimate of drug-likeness (QED) is 0.249. The van der Waals surface area contributed by atoms with Gasteiger partial charge in [0.2, 0.25) is 0 Å². The van der Waals surface area contributed by atoms with Gasteiger partial charge < -0.3 is 10.2 Å². The number of anilines is 1. The Balaban J connectivity index is 1.98. The Kier molecular flexibility index (Phi) is 9.87. The van der Waals surface area contributed by atoms with E-state index < -0.39 is 24.1 Å². The molecule has 38 heavy (non-hydrogen) atoms. The van der Waals surface area contributed by atoms with Crippen LogP contribution in [0, 0.1) is 0 Å². The van der Waals surface area contributed by atoms with Crippen LogP contribution in [0.5, 0.6) is 0 Å². The first kappa shape index (κ1) is 30.8. The predicted molar refractivity (Wildman–Crippen MR) is 164 cm³/mol. The van der Waals surface area contributed by atoms with Gasteiger partial charge in [0.1, 0.15) is 10.8 Å². The lowest BCUT2D eigenvalue weighted by molar-refractivity contribution is 0.273. The van der Waals surface area contributed by atoms with E-state index in [-0.39, 0.29) is 5.04 Å². The number of nitrogen functional groups attached to an aromatic ring is 1. The molecular formula is C28H39ClN4O2S2Si. The van der Waals surface area contributed by atoms with Crippen molar-refractivity contribution >= 4 is 48.5 Å². The highest BCUT2D eigenvalue weighted by molar-refractivity contribution is 7.99. The van der Waals surface area contributed by atoms with Gasteiger partial charge in [-0.15, -0.1) is 0 Å². The van der Waals surface area contributed by atoms with Crippen LogP contribution >= 0.6 is 23.4 Å². The highest BCUT2D eigenvalue weighted by Gasteiger charge is 2.37. The maximum Gasteiger partial charge on any atom is 0.192 e. The number of nitrogens with zero attached hydrogens (tertiary/aromatic N) is 2. The van der Waals surface area contributed by atoms with Gasteiger partial charge in [0.05, 0.1) is 27.4 Å². The molecule has 0 aliphatic carbocycles. The molecule has 1 unspecified atom stereocenters. The molecule has 0 saturated carbocycles. The second-order valence-electron chi connectivity index (χ2n) is 11.7. The maximum absolute atomic E-state index is 12.8. The van der Waals surface area contributed by atoms with Crippen LogP contribution in [0.4, 0.5) is 5.82 Å². The standard InChI is InChI=1S/C28H39ClN4O2S2Si/c1-27(2,3)37(34)33-17-22-14-21(19-11-12-24(30)32-16-19)15-23(29)25(22)36-26-20(10-9-13-31-26)18-35-38(7,8)28(4,5)6/h9-16,33H,17-18H2,1-8H3,(H2,30,32). The highest BCUT2D eigenvalue weighted by atomic mass is 35.5. The Morgan fingerprint density at radius 3 is 2.37 bits per heavy atom. The Labute approximate surface area is 240 Å². The molecule has 1 atom stereocenters. The van der Waals surface area contributed by atoms with Gasteiger partial charge in [-0.3, -0.25) is 0 Å². The van der Waals surface area contributed by atoms with Crippen LogP contribution in [0.3, 0.4) is 0 Å². The topological polar surface area (TPSA) is 90.1 Å². The molecule has 0 aliphatic rings. The second-order valence-corrected chi connectivity index (χ2v) is 20.0. The molecule has 206 valence electrons. The third-order valence-corrected chi connectivity index (χ3v) is 14.3. The predicted octanol–water partition coefficient (Wildman–Crippen LogP) is 7.60. The van der Waals surface area contributed by atoms with Gasteiger partial charge in [-0.1, -0.05) is 50.2 Å². The van der Waals surface area contributed by atoms with E-state index >= 15 is 0 Å². The summed E-state index contributed by atoms with van der Waals surface area (Å²) in [6.07, 6.45) is 3.51. The first-order valence-electron chi connectivity index (χ1n) is 12.5. The fraction of sp³-hybridized carbons (Fsp3) is 0.429. The van der Waals surface area contributed by atoms with Gasteiger partial charge in [0.15, 0.2) is 8.32 Å². The smallest absolute Gasteiger partial charge is 0.192 e. The van der Waals surface area contributed by atoms with E-state index in [9.17, 15) is 4.21 Å². The Morgan fingerprint density at radius 1 is 1.05 bits per heavy atom. The molecule has 2 heterocycles. The van der Waals surface area contributed by atoms with Crippen molar-refractivity contribution in [3.63, 3.8) is 0 Å². The minimum atomic E-state index is -1.94. The monoisotopic (exact) mass is 590 g/mol. The molecule has 0 bridgehead atoms. The molecule has 6 nitrogen and oxygen atoms in total. The van der Waals surface area contributed by atoms with Gasteiger partial charge in [0, 0.05) is 35.0 Å². The molecule has 1 aromatic carbocycles. The Hall–Kier alpha value is -1.75. The van der Waals surface area contributed by atoms with E-state index in [1.165, 1.54) is 11.8 Å². The third kappa shape index (κ3) is 7.89. The Bertz CT molecular complexity index is 1290. The number of nitrogens with two attached hydrogens (primary N) is 1. The highest BCUT2D eigenvalue weighted by Crippen LogP contribution is 2.41. The van der Waals surface area contributed by atoms with Crippen molar-refractivity contribution in [1.29, 1.82) is 0 Å². The second kappa shape index (κ2) is 12.2. The van der Waals surface area contributed by atoms with E-state index in [0.29, 0.717) is 24.0 Å². The number of rotatable bonds is 9. The zero-order valence-corrected chi connectivity index (χ0v) is 26.9. The van der Waals surface area contributed by atoms with Crippen molar-refractivity contribution < 1.29 is 8.63 Å². The lowest BCUT2D eigenvalue weighted by atomic mass is 10.0. The van der Waals surface area contributed by atoms with Crippen LogP contribution < -0.4 is 10.5 Å². The molecule has 0 saturated heterocycles. The summed E-state index contributed by atoms with van der Waals surface area (Å²) in [5, 5.41) is 1.54. The lowest BCUT2D eigenvalue weighted by Crippen LogP contribution is -2.40. The minimum absolute atomic E-state index is 0.111. The largest absolute Gasteiger partial charge is 0.412 e. The number of halogens is 1. The van der Waals surface area contributed by atoms with Gasteiger partial charge in [-0.25, -0.2) is 18.9 Å². The van der Waals surface area contributed by atoms with E-state index in [4.69, 9.17) is 21.8 Å². The van der Waals surface area contributed by atoms with Gasteiger partial charge >= 0.3 is 0 Å². The minimum Gasteiger partial charge on any atom is -0.412 e. The Morgan fingerprint density at radius 2 is 1.76 bits per heavy atom. The van der Waals surface area contributed by atoms with Crippen molar-refractivity contribution in [2.75, 3.05) is 5.73 Å². The molecule has 0 aliphatic heterocycles. The zero-order valence-electron chi connectivity index (χ0n) is 23.5. The summed E-state index contributed by atoms with van der Waals surface area (Å²) in [5.74, 6) is 0.456. The molecular weight excluding hydrogens is 552 g/mol. The van der Waals surface area contributed by atoms with Crippen molar-refractivity contribution in [3.05, 3.63) is 64.9 Å². The van der Waals surface area contributed by atoms with Crippen molar-refractivity contribution in [2.45, 2.75) is 87.5 Å². The molecule has 10 heteroatoms. The number of benzene rings is 1. The average Bonchev–Trinajstić information content (AvgIpc) is 2.82. The molecule has 0 spiro atoms. The molecule has 0 amide bonds. The van der Waals surface area contributed by atoms with E-state index in [2.05, 4.69) is 60.7 Å². The van der Waals surface area contributed by atoms with E-state index in [1.807, 2.05) is 39.0 Å². The first-order chi connectivity index (χ1) is 17.6. The summed E-state index contributed by atoms with van der Waals surface area (Å²) in [4.78, 5) is 9.77. The summed E-state index contributed by atoms with van der Waals surface area (Å²) >= 11 is 8.42. The van der Waals surface area contributed by atoms with Crippen molar-refractivity contribution in [2.24, 2.45) is 0 Å². The summed E-state index contributed by atoms with van der Waals surface area (Å²) in [6, 6.07) is 11.7. The van der Waals surface area contributed by atoms with E-state index in [0.717, 1.165) is 32.2 Å². The first-order valence-corrected chi connectivity index (χ1v) is 17.8. The van der Waals surface area contributed by atoms with Crippen LogP contribution in [0.25, 0.3) is 11.1 Å². The maximum atomic E-state index is 12.8. The van der Waals surface area contributed by atoms with Crippen LogP contribution in [0.2, 0.25) is 23.2 Å². The number of pyridine rings is 2. The molecule has 3 aromatic rings. The zero-order chi connectivity index (χ0) is 28.3. The van der Waals surface area contributed by atoms with Crippen LogP contribution in [-0.4, -0.2) is 27.2 Å². The summed E-state index contributed by atoms with van der Waals surface area (Å²) in [6.45, 7) is 17.9. The van der Waals surface area contributed by atoms with Crippen molar-refractivity contribution in [3.8, 4) is 11.1 Å². The molecule has 0 fully saturated rings. The summed E-state index contributed by atoms with van der Waals surface area (Å²) in [5.41, 5.74) is 9.54. The molecule has 2 aromatic heterocycles. The third-order valence-electron chi connectivity index (χ3n) is 6.63. The molecule has 0 radical (unpaired) electrons. The lowest BCUT2D eigenvalue weighted by Gasteiger charge is -2.36. The fourth-order valence-electron chi connectivity index (χ4n) is 3.20. The number of aromatic nitrogens is 2. The van der Waals surface area contributed by atoms with Crippen LogP contribution in [-0.2, 0) is 28.6 Å². The molecule has 3 N–H and O–H groups in total. The summed E-state index contributed by atoms with van der Waals surface area (Å²) < 4.78 is 22.1. The normalized spacial score (nSPS) is 13.5. The molecule has 3 rings (SSSR count). The number of hydrogen-bond acceptors (Lipinski definition) is 6. The van der Waals surface area contributed by atoms with Gasteiger partial charge in [-0.2, -0.15) is 0 Å². The number of nitrogens with one attached hydrogen (secondary N) is 1. The van der Waals surface area contributed by atoms with Crippen LogP contribution in [0.1, 0.15) is 52.7 Å². The SMILES string of the molecule is CC(C)(C)S(=O)NCc1cc(-c2ccc(N)nc2)cc(Cl)c1Sc1ncccc1CO[Si](C)(C)C(C)(C)C. The van der Waals surface area contributed by atoms with Crippen molar-refractivity contribution in [1.82, 2.24) is 14.7 Å². The van der Waals surface area contributed by atoms with Gasteiger partial charge in [-0.05, 0) is 80.4 Å². The number of hydrogen-bond donors (Lipinski definition) is 2. The summed E-state index contributed by atoms with van der Waals surface area (Å²) in [7, 11) is -3.18. The van der Waals surface area contributed by atoms with E-state index in [1.54, 1.807) is 18.5 Å². The fourth-order valence-corrected chi connectivity index (χ4v) is 6.20. The average molecular weight is 591 g/mol.